The van der Waals surface area contributed by atoms with E-state index in [2.05, 4.69) is 0 Å². The van der Waals surface area contributed by atoms with Crippen LogP contribution in [0.25, 0.3) is 0 Å². The van der Waals surface area contributed by atoms with Crippen molar-refractivity contribution in [3.63, 3.8) is 0 Å². The van der Waals surface area contributed by atoms with Crippen LogP contribution in [0.3, 0.4) is 0 Å². The van der Waals surface area contributed by atoms with Crippen molar-refractivity contribution in [2.75, 3.05) is 0 Å². The lowest BCUT2D eigenvalue weighted by atomic mass is 10.0. The number of nitrogens with two attached hydrogens (primary N) is 1. The Morgan fingerprint density at radius 1 is 1.05 bits per heavy atom. The zero-order valence-electron chi connectivity index (χ0n) is 11.2. The molecule has 0 aliphatic rings. The van der Waals surface area contributed by atoms with Gasteiger partial charge in [0.15, 0.2) is 0 Å². The van der Waals surface area contributed by atoms with Crippen molar-refractivity contribution in [1.82, 2.24) is 0 Å². The molecule has 2 aromatic rings. The van der Waals surface area contributed by atoms with Crippen LogP contribution >= 0.6 is 23.2 Å². The van der Waals surface area contributed by atoms with E-state index < -0.39 is 0 Å². The maximum absolute atomic E-state index is 6.18. The Bertz CT molecular complexity index is 557. The Labute approximate surface area is 129 Å². The molecule has 2 unspecified atom stereocenters. The Morgan fingerprint density at radius 3 is 2.35 bits per heavy atom. The quantitative estimate of drug-likeness (QED) is 0.856. The molecular weight excluding hydrogens is 293 g/mol. The van der Waals surface area contributed by atoms with Crippen LogP contribution in [0.4, 0.5) is 0 Å². The monoisotopic (exact) mass is 309 g/mol. The number of halogens is 2. The highest BCUT2D eigenvalue weighted by Crippen LogP contribution is 2.28. The average molecular weight is 310 g/mol. The minimum atomic E-state index is -0.226. The fourth-order valence-electron chi connectivity index (χ4n) is 1.96. The predicted molar refractivity (Wildman–Crippen MR) is 84.5 cm³/mol. The highest BCUT2D eigenvalue weighted by Gasteiger charge is 2.20. The van der Waals surface area contributed by atoms with Gasteiger partial charge in [-0.15, -0.1) is 0 Å². The average Bonchev–Trinajstić information content (AvgIpc) is 2.45. The lowest BCUT2D eigenvalue weighted by Crippen LogP contribution is -2.31. The van der Waals surface area contributed by atoms with Crippen molar-refractivity contribution in [3.8, 4) is 5.75 Å². The molecule has 2 N–H and O–H groups in total. The Morgan fingerprint density at radius 2 is 1.75 bits per heavy atom. The third kappa shape index (κ3) is 3.89. The third-order valence-corrected chi connectivity index (χ3v) is 3.61. The van der Waals surface area contributed by atoms with E-state index in [1.54, 1.807) is 6.07 Å². The SMILES string of the molecule is CCC(N)C(Oc1cccc(Cl)c1)c1ccc(Cl)cc1. The van der Waals surface area contributed by atoms with Gasteiger partial charge in [0.1, 0.15) is 11.9 Å². The van der Waals surface area contributed by atoms with E-state index in [0.29, 0.717) is 15.8 Å². The first kappa shape index (κ1) is 15.2. The lowest BCUT2D eigenvalue weighted by Gasteiger charge is -2.25. The van der Waals surface area contributed by atoms with Crippen molar-refractivity contribution in [3.05, 3.63) is 64.1 Å². The second-order valence-corrected chi connectivity index (χ2v) is 5.49. The van der Waals surface area contributed by atoms with Gasteiger partial charge in [0.25, 0.3) is 0 Å². The minimum Gasteiger partial charge on any atom is -0.484 e. The van der Waals surface area contributed by atoms with Gasteiger partial charge >= 0.3 is 0 Å². The molecule has 0 saturated carbocycles. The van der Waals surface area contributed by atoms with Crippen LogP contribution < -0.4 is 10.5 Å². The molecule has 0 fully saturated rings. The van der Waals surface area contributed by atoms with Crippen LogP contribution in [-0.4, -0.2) is 6.04 Å². The molecule has 0 aromatic heterocycles. The number of hydrogen-bond donors (Lipinski definition) is 1. The smallest absolute Gasteiger partial charge is 0.139 e. The van der Waals surface area contributed by atoms with Crippen LogP contribution in [0.15, 0.2) is 48.5 Å². The molecule has 0 aliphatic carbocycles. The van der Waals surface area contributed by atoms with E-state index in [4.69, 9.17) is 33.7 Å². The Hall–Kier alpha value is -1.22. The van der Waals surface area contributed by atoms with Gasteiger partial charge in [-0.3, -0.25) is 0 Å². The van der Waals surface area contributed by atoms with E-state index in [-0.39, 0.29) is 12.1 Å². The maximum atomic E-state index is 6.18. The molecule has 106 valence electrons. The minimum absolute atomic E-state index is 0.102. The van der Waals surface area contributed by atoms with Gasteiger partial charge in [0, 0.05) is 16.1 Å². The summed E-state index contributed by atoms with van der Waals surface area (Å²) in [5.74, 6) is 0.710. The number of hydrogen-bond acceptors (Lipinski definition) is 2. The molecule has 2 rings (SSSR count). The molecule has 0 spiro atoms. The summed E-state index contributed by atoms with van der Waals surface area (Å²) < 4.78 is 6.02. The van der Waals surface area contributed by atoms with E-state index in [1.165, 1.54) is 0 Å². The van der Waals surface area contributed by atoms with Gasteiger partial charge in [-0.25, -0.2) is 0 Å². The first-order valence-corrected chi connectivity index (χ1v) is 7.29. The fourth-order valence-corrected chi connectivity index (χ4v) is 2.26. The molecule has 0 saturated heterocycles. The summed E-state index contributed by atoms with van der Waals surface area (Å²) in [5.41, 5.74) is 7.19. The summed E-state index contributed by atoms with van der Waals surface area (Å²) in [6.07, 6.45) is 0.587. The summed E-state index contributed by atoms with van der Waals surface area (Å²) >= 11 is 11.9. The zero-order chi connectivity index (χ0) is 14.5. The predicted octanol–water partition coefficient (Wildman–Crippen LogP) is 4.85. The van der Waals surface area contributed by atoms with Crippen LogP contribution in [0, 0.1) is 0 Å². The van der Waals surface area contributed by atoms with Crippen molar-refractivity contribution in [2.45, 2.75) is 25.5 Å². The van der Waals surface area contributed by atoms with Crippen LogP contribution in [-0.2, 0) is 0 Å². The van der Waals surface area contributed by atoms with Crippen molar-refractivity contribution < 1.29 is 4.74 Å². The molecule has 0 amide bonds. The van der Waals surface area contributed by atoms with Gasteiger partial charge in [0.05, 0.1) is 0 Å². The first-order valence-electron chi connectivity index (χ1n) is 6.53. The zero-order valence-corrected chi connectivity index (χ0v) is 12.7. The van der Waals surface area contributed by atoms with Gasteiger partial charge in [-0.05, 0) is 42.3 Å². The normalized spacial score (nSPS) is 13.8. The van der Waals surface area contributed by atoms with Crippen molar-refractivity contribution >= 4 is 23.2 Å². The molecule has 0 radical (unpaired) electrons. The summed E-state index contributed by atoms with van der Waals surface area (Å²) in [5, 5.41) is 1.34. The Balaban J connectivity index is 2.26. The van der Waals surface area contributed by atoms with Crippen LogP contribution in [0.1, 0.15) is 25.0 Å². The number of rotatable bonds is 5. The number of ether oxygens (including phenoxy) is 1. The lowest BCUT2D eigenvalue weighted by molar-refractivity contribution is 0.171. The topological polar surface area (TPSA) is 35.2 Å². The van der Waals surface area contributed by atoms with Crippen LogP contribution in [0.5, 0.6) is 5.75 Å². The molecular formula is C16H17Cl2NO. The highest BCUT2D eigenvalue weighted by atomic mass is 35.5. The maximum Gasteiger partial charge on any atom is 0.139 e. The molecule has 0 heterocycles. The van der Waals surface area contributed by atoms with E-state index >= 15 is 0 Å². The van der Waals surface area contributed by atoms with Crippen LogP contribution in [0.2, 0.25) is 10.0 Å². The Kier molecular flexibility index (Phi) is 5.30. The van der Waals surface area contributed by atoms with Crippen molar-refractivity contribution in [2.24, 2.45) is 5.73 Å². The van der Waals surface area contributed by atoms with E-state index in [0.717, 1.165) is 12.0 Å². The molecule has 2 aromatic carbocycles. The molecule has 0 bridgehead atoms. The fraction of sp³-hybridized carbons (Fsp3) is 0.250. The number of benzene rings is 2. The van der Waals surface area contributed by atoms with E-state index in [9.17, 15) is 0 Å². The van der Waals surface area contributed by atoms with Crippen molar-refractivity contribution in [1.29, 1.82) is 0 Å². The molecule has 4 heteroatoms. The van der Waals surface area contributed by atoms with Gasteiger partial charge in [-0.1, -0.05) is 48.3 Å². The molecule has 2 nitrogen and oxygen atoms in total. The second-order valence-electron chi connectivity index (χ2n) is 4.62. The highest BCUT2D eigenvalue weighted by molar-refractivity contribution is 6.30. The van der Waals surface area contributed by atoms with Gasteiger partial charge in [0.2, 0.25) is 0 Å². The summed E-state index contributed by atoms with van der Waals surface area (Å²) in [6.45, 7) is 2.04. The van der Waals surface area contributed by atoms with Gasteiger partial charge < -0.3 is 10.5 Å². The largest absolute Gasteiger partial charge is 0.484 e. The summed E-state index contributed by atoms with van der Waals surface area (Å²) in [4.78, 5) is 0. The summed E-state index contributed by atoms with van der Waals surface area (Å²) in [7, 11) is 0. The third-order valence-electron chi connectivity index (χ3n) is 3.12. The van der Waals surface area contributed by atoms with Gasteiger partial charge in [-0.2, -0.15) is 0 Å². The first-order chi connectivity index (χ1) is 9.60. The summed E-state index contributed by atoms with van der Waals surface area (Å²) in [6, 6.07) is 14.8. The molecule has 2 atom stereocenters. The molecule has 0 aliphatic heterocycles. The molecule has 20 heavy (non-hydrogen) atoms. The van der Waals surface area contributed by atoms with E-state index in [1.807, 2.05) is 49.4 Å². The second kappa shape index (κ2) is 6.98. The standard InChI is InChI=1S/C16H17Cl2NO/c1-2-15(19)16(11-6-8-12(17)9-7-11)20-14-5-3-4-13(18)10-14/h3-10,15-16H,2,19H2,1H3.